The number of alkyl halides is 2. The summed E-state index contributed by atoms with van der Waals surface area (Å²) < 4.78 is 24.3. The fourth-order valence-corrected chi connectivity index (χ4v) is 1.96. The number of nitrogens with two attached hydrogens (primary N) is 1. The van der Waals surface area contributed by atoms with Crippen LogP contribution in [0.1, 0.15) is 20.3 Å². The number of benzene rings is 1. The number of anilines is 1. The fraction of sp³-hybridized carbons (Fsp3) is 0.462. The van der Waals surface area contributed by atoms with Gasteiger partial charge in [-0.25, -0.2) is 0 Å². The van der Waals surface area contributed by atoms with Crippen LogP contribution < -0.4 is 11.1 Å². The molecule has 0 saturated carbocycles. The van der Waals surface area contributed by atoms with Gasteiger partial charge in [-0.1, -0.05) is 32.0 Å². The highest BCUT2D eigenvalue weighted by atomic mass is 35.5. The third-order valence-electron chi connectivity index (χ3n) is 2.91. The van der Waals surface area contributed by atoms with Gasteiger partial charge in [0.25, 0.3) is 5.76 Å². The quantitative estimate of drug-likeness (QED) is 0.784. The molecule has 114 valence electrons. The predicted octanol–water partition coefficient (Wildman–Crippen LogP) is 3.74. The molecule has 0 aliphatic heterocycles. The summed E-state index contributed by atoms with van der Waals surface area (Å²) in [4.78, 5) is 12.3. The van der Waals surface area contributed by atoms with E-state index in [2.05, 4.69) is 5.32 Å². The molecule has 0 saturated heterocycles. The monoisotopic (exact) mass is 324 g/mol. The van der Waals surface area contributed by atoms with Crippen LogP contribution in [0.5, 0.6) is 0 Å². The summed E-state index contributed by atoms with van der Waals surface area (Å²) >= 11 is 0.470. The molecule has 0 bridgehead atoms. The molecule has 0 fully saturated rings. The number of amides is 1. The van der Waals surface area contributed by atoms with Gasteiger partial charge in [-0.2, -0.15) is 8.78 Å². The van der Waals surface area contributed by atoms with Crippen molar-refractivity contribution in [2.24, 2.45) is 11.7 Å². The Balaban J connectivity index is 0.00000361. The molecule has 3 N–H and O–H groups in total. The minimum atomic E-state index is -2.45. The maximum atomic E-state index is 12.1. The van der Waals surface area contributed by atoms with Crippen molar-refractivity contribution in [2.75, 3.05) is 5.32 Å². The predicted molar refractivity (Wildman–Crippen MR) is 81.6 cm³/mol. The fourth-order valence-electron chi connectivity index (χ4n) is 1.46. The van der Waals surface area contributed by atoms with Crippen molar-refractivity contribution in [3.05, 3.63) is 24.3 Å². The van der Waals surface area contributed by atoms with Crippen molar-refractivity contribution in [1.29, 1.82) is 0 Å². The first-order valence-corrected chi connectivity index (χ1v) is 6.93. The number of carbonyl (C=O) groups is 1. The molecular weight excluding hydrogens is 306 g/mol. The Labute approximate surface area is 128 Å². The molecule has 1 aromatic carbocycles. The smallest absolute Gasteiger partial charge is 0.288 e. The zero-order valence-corrected chi connectivity index (χ0v) is 12.9. The Bertz CT molecular complexity index is 417. The molecule has 1 rings (SSSR count). The third-order valence-corrected chi connectivity index (χ3v) is 3.63. The SMILES string of the molecule is CCC(C)C(N)C(=O)Nc1ccc(SC(F)F)cc1.Cl. The number of hydrogen-bond acceptors (Lipinski definition) is 3. The Morgan fingerprint density at radius 3 is 2.35 bits per heavy atom. The Hall–Kier alpha value is -0.850. The Morgan fingerprint density at radius 2 is 1.90 bits per heavy atom. The molecule has 20 heavy (non-hydrogen) atoms. The maximum absolute atomic E-state index is 12.1. The lowest BCUT2D eigenvalue weighted by Crippen LogP contribution is -2.40. The van der Waals surface area contributed by atoms with Crippen molar-refractivity contribution in [1.82, 2.24) is 0 Å². The molecule has 0 radical (unpaired) electrons. The van der Waals surface area contributed by atoms with Crippen LogP contribution in [0.2, 0.25) is 0 Å². The standard InChI is InChI=1S/C13H18F2N2OS.ClH/c1-3-8(2)11(16)12(18)17-9-4-6-10(7-5-9)19-13(14)15;/h4-8,11,13H,3,16H2,1-2H3,(H,17,18);1H. The van der Waals surface area contributed by atoms with E-state index in [1.165, 1.54) is 0 Å². The number of thioether (sulfide) groups is 1. The van der Waals surface area contributed by atoms with Gasteiger partial charge in [0, 0.05) is 10.6 Å². The van der Waals surface area contributed by atoms with Crippen molar-refractivity contribution in [2.45, 2.75) is 37.0 Å². The topological polar surface area (TPSA) is 55.1 Å². The third kappa shape index (κ3) is 6.07. The second kappa shape index (κ2) is 9.15. The normalized spacial score (nSPS) is 13.5. The van der Waals surface area contributed by atoms with Crippen LogP contribution in [0, 0.1) is 5.92 Å². The second-order valence-corrected chi connectivity index (χ2v) is 5.37. The average molecular weight is 325 g/mol. The van der Waals surface area contributed by atoms with Gasteiger partial charge in [-0.3, -0.25) is 4.79 Å². The Kier molecular flexibility index (Phi) is 8.76. The van der Waals surface area contributed by atoms with Crippen LogP contribution in [0.15, 0.2) is 29.2 Å². The summed E-state index contributed by atoms with van der Waals surface area (Å²) in [5, 5.41) is 2.68. The summed E-state index contributed by atoms with van der Waals surface area (Å²) in [6.07, 6.45) is 0.818. The summed E-state index contributed by atoms with van der Waals surface area (Å²) in [6.45, 7) is 3.88. The first-order valence-electron chi connectivity index (χ1n) is 6.05. The zero-order valence-electron chi connectivity index (χ0n) is 11.3. The van der Waals surface area contributed by atoms with Crippen molar-refractivity contribution >= 4 is 35.8 Å². The van der Waals surface area contributed by atoms with Crippen LogP contribution >= 0.6 is 24.2 Å². The summed E-state index contributed by atoms with van der Waals surface area (Å²) in [5.74, 6) is -2.61. The molecule has 3 nitrogen and oxygen atoms in total. The number of nitrogens with one attached hydrogen (secondary N) is 1. The summed E-state index contributed by atoms with van der Waals surface area (Å²) in [6, 6.07) is 5.69. The van der Waals surface area contributed by atoms with Crippen LogP contribution in [-0.4, -0.2) is 17.7 Å². The minimum absolute atomic E-state index is 0. The van der Waals surface area contributed by atoms with Crippen LogP contribution in [-0.2, 0) is 4.79 Å². The molecule has 1 amide bonds. The number of rotatable bonds is 6. The van der Waals surface area contributed by atoms with Gasteiger partial charge in [-0.15, -0.1) is 12.4 Å². The highest BCUT2D eigenvalue weighted by Crippen LogP contribution is 2.26. The van der Waals surface area contributed by atoms with E-state index in [-0.39, 0.29) is 24.2 Å². The molecule has 0 aliphatic rings. The molecule has 0 heterocycles. The van der Waals surface area contributed by atoms with Gasteiger partial charge in [0.05, 0.1) is 6.04 Å². The molecule has 1 aromatic rings. The summed E-state index contributed by atoms with van der Waals surface area (Å²) in [7, 11) is 0. The molecule has 2 atom stereocenters. The van der Waals surface area contributed by atoms with Gasteiger partial charge in [0.2, 0.25) is 5.91 Å². The van der Waals surface area contributed by atoms with E-state index in [0.29, 0.717) is 22.3 Å². The van der Waals surface area contributed by atoms with Crippen LogP contribution in [0.4, 0.5) is 14.5 Å². The lowest BCUT2D eigenvalue weighted by molar-refractivity contribution is -0.118. The second-order valence-electron chi connectivity index (χ2n) is 4.30. The average Bonchev–Trinajstić information content (AvgIpc) is 2.38. The van der Waals surface area contributed by atoms with Crippen molar-refractivity contribution < 1.29 is 13.6 Å². The highest BCUT2D eigenvalue weighted by molar-refractivity contribution is 7.99. The number of halogens is 3. The van der Waals surface area contributed by atoms with Gasteiger partial charge < -0.3 is 11.1 Å². The maximum Gasteiger partial charge on any atom is 0.288 e. The minimum Gasteiger partial charge on any atom is -0.325 e. The lowest BCUT2D eigenvalue weighted by atomic mass is 9.99. The van der Waals surface area contributed by atoms with Crippen LogP contribution in [0.3, 0.4) is 0 Å². The van der Waals surface area contributed by atoms with Crippen LogP contribution in [0.25, 0.3) is 0 Å². The van der Waals surface area contributed by atoms with Gasteiger partial charge in [-0.05, 0) is 30.2 Å². The van der Waals surface area contributed by atoms with E-state index in [1.54, 1.807) is 24.3 Å². The molecule has 7 heteroatoms. The number of hydrogen-bond donors (Lipinski definition) is 2. The molecule has 0 spiro atoms. The zero-order chi connectivity index (χ0) is 14.4. The van der Waals surface area contributed by atoms with E-state index < -0.39 is 11.8 Å². The first-order chi connectivity index (χ1) is 8.93. The van der Waals surface area contributed by atoms with Gasteiger partial charge in [0.1, 0.15) is 0 Å². The van der Waals surface area contributed by atoms with Crippen molar-refractivity contribution in [3.8, 4) is 0 Å². The van der Waals surface area contributed by atoms with Gasteiger partial charge >= 0.3 is 0 Å². The largest absolute Gasteiger partial charge is 0.325 e. The van der Waals surface area contributed by atoms with E-state index in [1.807, 2.05) is 13.8 Å². The molecule has 0 aliphatic carbocycles. The summed E-state index contributed by atoms with van der Waals surface area (Å²) in [5.41, 5.74) is 6.36. The first kappa shape index (κ1) is 19.1. The number of carbonyl (C=O) groups excluding carboxylic acids is 1. The van der Waals surface area contributed by atoms with E-state index in [0.717, 1.165) is 6.42 Å². The van der Waals surface area contributed by atoms with E-state index >= 15 is 0 Å². The molecule has 2 unspecified atom stereocenters. The highest BCUT2D eigenvalue weighted by Gasteiger charge is 2.19. The lowest BCUT2D eigenvalue weighted by Gasteiger charge is -2.17. The van der Waals surface area contributed by atoms with E-state index in [9.17, 15) is 13.6 Å². The molecular formula is C13H19ClF2N2OS. The molecule has 0 aromatic heterocycles. The Morgan fingerprint density at radius 1 is 1.35 bits per heavy atom. The van der Waals surface area contributed by atoms with E-state index in [4.69, 9.17) is 5.73 Å². The van der Waals surface area contributed by atoms with Crippen molar-refractivity contribution in [3.63, 3.8) is 0 Å². The van der Waals surface area contributed by atoms with Gasteiger partial charge in [0.15, 0.2) is 0 Å².